The Hall–Kier alpha value is -1.40. The standard InChI is InChI=1S/C16H27N3O3/c1-4-8-19-12-11-17(3)16(15(19)21)6-9-18(10-7-16)14(20)13-22-5-2/h4H,1,5-13H2,2-3H3. The Bertz CT molecular complexity index is 430. The summed E-state index contributed by atoms with van der Waals surface area (Å²) < 4.78 is 5.19. The Morgan fingerprint density at radius 2 is 2.00 bits per heavy atom. The number of piperidine rings is 1. The largest absolute Gasteiger partial charge is 0.372 e. The van der Waals surface area contributed by atoms with Crippen molar-refractivity contribution >= 4 is 11.8 Å². The van der Waals surface area contributed by atoms with Crippen LogP contribution >= 0.6 is 0 Å². The number of likely N-dealkylation sites (N-methyl/N-ethyl adjacent to an activating group) is 1. The zero-order chi connectivity index (χ0) is 16.2. The molecule has 2 rings (SSSR count). The number of ether oxygens (including phenoxy) is 1. The van der Waals surface area contributed by atoms with Crippen LogP contribution in [0, 0.1) is 0 Å². The molecule has 0 bridgehead atoms. The van der Waals surface area contributed by atoms with Crippen LogP contribution in [0.3, 0.4) is 0 Å². The van der Waals surface area contributed by atoms with Crippen LogP contribution in [0.25, 0.3) is 0 Å². The van der Waals surface area contributed by atoms with Crippen LogP contribution in [0.4, 0.5) is 0 Å². The van der Waals surface area contributed by atoms with E-state index in [2.05, 4.69) is 11.5 Å². The molecule has 2 saturated heterocycles. The molecule has 0 saturated carbocycles. The number of carbonyl (C=O) groups is 2. The Morgan fingerprint density at radius 3 is 2.59 bits per heavy atom. The second kappa shape index (κ2) is 7.24. The number of likely N-dealkylation sites (tertiary alicyclic amines) is 1. The SMILES string of the molecule is C=CCN1CCN(C)C2(CCN(C(=O)COCC)CC2)C1=O. The summed E-state index contributed by atoms with van der Waals surface area (Å²) in [5, 5.41) is 0. The third kappa shape index (κ3) is 3.17. The van der Waals surface area contributed by atoms with Crippen LogP contribution in [-0.4, -0.2) is 85.0 Å². The van der Waals surface area contributed by atoms with Gasteiger partial charge in [-0.3, -0.25) is 14.5 Å². The number of amides is 2. The van der Waals surface area contributed by atoms with Gasteiger partial charge >= 0.3 is 0 Å². The smallest absolute Gasteiger partial charge is 0.248 e. The fourth-order valence-electron chi connectivity index (χ4n) is 3.38. The monoisotopic (exact) mass is 309 g/mol. The topological polar surface area (TPSA) is 53.1 Å². The molecule has 1 spiro atoms. The third-order valence-electron chi connectivity index (χ3n) is 4.84. The molecule has 0 aromatic rings. The summed E-state index contributed by atoms with van der Waals surface area (Å²) in [7, 11) is 2.01. The third-order valence-corrected chi connectivity index (χ3v) is 4.84. The minimum atomic E-state index is -0.455. The first-order valence-electron chi connectivity index (χ1n) is 8.02. The maximum Gasteiger partial charge on any atom is 0.248 e. The van der Waals surface area contributed by atoms with Gasteiger partial charge in [0.1, 0.15) is 12.1 Å². The summed E-state index contributed by atoms with van der Waals surface area (Å²) in [5.41, 5.74) is -0.455. The van der Waals surface area contributed by atoms with Crippen LogP contribution in [0.1, 0.15) is 19.8 Å². The van der Waals surface area contributed by atoms with Crippen molar-refractivity contribution in [3.63, 3.8) is 0 Å². The van der Waals surface area contributed by atoms with Crippen LogP contribution in [0.15, 0.2) is 12.7 Å². The van der Waals surface area contributed by atoms with Crippen molar-refractivity contribution in [2.75, 3.05) is 53.0 Å². The van der Waals surface area contributed by atoms with E-state index in [-0.39, 0.29) is 18.4 Å². The second-order valence-electron chi connectivity index (χ2n) is 6.01. The maximum absolute atomic E-state index is 12.9. The lowest BCUT2D eigenvalue weighted by atomic mass is 9.82. The molecule has 6 nitrogen and oxygen atoms in total. The zero-order valence-corrected chi connectivity index (χ0v) is 13.7. The molecule has 0 atom stereocenters. The van der Waals surface area contributed by atoms with E-state index in [1.54, 1.807) is 6.08 Å². The quantitative estimate of drug-likeness (QED) is 0.688. The minimum absolute atomic E-state index is 0.0190. The first kappa shape index (κ1) is 17.0. The Kier molecular flexibility index (Phi) is 5.58. The molecule has 0 radical (unpaired) electrons. The van der Waals surface area contributed by atoms with Gasteiger partial charge in [-0.1, -0.05) is 6.08 Å². The van der Waals surface area contributed by atoms with Crippen molar-refractivity contribution in [3.8, 4) is 0 Å². The normalized spacial score (nSPS) is 22.2. The molecular formula is C16H27N3O3. The minimum Gasteiger partial charge on any atom is -0.372 e. The van der Waals surface area contributed by atoms with Gasteiger partial charge in [-0.15, -0.1) is 6.58 Å². The first-order valence-corrected chi connectivity index (χ1v) is 8.02. The molecule has 0 aliphatic carbocycles. The lowest BCUT2D eigenvalue weighted by Crippen LogP contribution is -2.68. The van der Waals surface area contributed by atoms with E-state index in [0.717, 1.165) is 13.1 Å². The fraction of sp³-hybridized carbons (Fsp3) is 0.750. The molecule has 0 unspecified atom stereocenters. The predicted molar refractivity (Wildman–Crippen MR) is 84.4 cm³/mol. The molecule has 124 valence electrons. The van der Waals surface area contributed by atoms with E-state index in [4.69, 9.17) is 4.74 Å². The number of hydrogen-bond donors (Lipinski definition) is 0. The molecule has 2 fully saturated rings. The van der Waals surface area contributed by atoms with Crippen molar-refractivity contribution in [2.24, 2.45) is 0 Å². The van der Waals surface area contributed by atoms with Gasteiger partial charge in [-0.05, 0) is 26.8 Å². The molecule has 0 N–H and O–H groups in total. The van der Waals surface area contributed by atoms with Gasteiger partial charge in [-0.25, -0.2) is 0 Å². The van der Waals surface area contributed by atoms with E-state index >= 15 is 0 Å². The Labute approximate surface area is 132 Å². The van der Waals surface area contributed by atoms with Crippen molar-refractivity contribution < 1.29 is 14.3 Å². The van der Waals surface area contributed by atoms with Crippen LogP contribution in [0.5, 0.6) is 0 Å². The van der Waals surface area contributed by atoms with Gasteiger partial charge in [0.05, 0.1) is 0 Å². The van der Waals surface area contributed by atoms with Gasteiger partial charge in [0, 0.05) is 39.3 Å². The molecule has 2 amide bonds. The van der Waals surface area contributed by atoms with Gasteiger partial charge in [0.25, 0.3) is 0 Å². The van der Waals surface area contributed by atoms with Crippen molar-refractivity contribution in [2.45, 2.75) is 25.3 Å². The summed E-state index contributed by atoms with van der Waals surface area (Å²) in [6.07, 6.45) is 3.15. The molecule has 6 heteroatoms. The first-order chi connectivity index (χ1) is 10.5. The van der Waals surface area contributed by atoms with E-state index in [1.165, 1.54) is 0 Å². The van der Waals surface area contributed by atoms with Gasteiger partial charge < -0.3 is 14.5 Å². The number of rotatable bonds is 5. The average Bonchev–Trinajstić information content (AvgIpc) is 2.54. The van der Waals surface area contributed by atoms with Gasteiger partial charge in [0.2, 0.25) is 11.8 Å². The fourth-order valence-corrected chi connectivity index (χ4v) is 3.38. The highest BCUT2D eigenvalue weighted by Gasteiger charge is 2.49. The maximum atomic E-state index is 12.9. The van der Waals surface area contributed by atoms with Crippen LogP contribution < -0.4 is 0 Å². The summed E-state index contributed by atoms with van der Waals surface area (Å²) in [5.74, 6) is 0.198. The Balaban J connectivity index is 2.01. The molecule has 2 heterocycles. The Morgan fingerprint density at radius 1 is 1.32 bits per heavy atom. The lowest BCUT2D eigenvalue weighted by Gasteiger charge is -2.51. The zero-order valence-electron chi connectivity index (χ0n) is 13.7. The summed E-state index contributed by atoms with van der Waals surface area (Å²) in [6.45, 7) is 9.73. The molecule has 2 aliphatic rings. The molecule has 0 aromatic heterocycles. The van der Waals surface area contributed by atoms with E-state index in [1.807, 2.05) is 23.8 Å². The molecular weight excluding hydrogens is 282 g/mol. The van der Waals surface area contributed by atoms with Crippen LogP contribution in [0.2, 0.25) is 0 Å². The van der Waals surface area contributed by atoms with Crippen molar-refractivity contribution in [3.05, 3.63) is 12.7 Å². The number of piperazine rings is 1. The highest BCUT2D eigenvalue weighted by Crippen LogP contribution is 2.32. The second-order valence-corrected chi connectivity index (χ2v) is 6.01. The van der Waals surface area contributed by atoms with Crippen molar-refractivity contribution in [1.82, 2.24) is 14.7 Å². The summed E-state index contributed by atoms with van der Waals surface area (Å²) in [6, 6.07) is 0. The number of carbonyl (C=O) groups excluding carboxylic acids is 2. The molecule has 22 heavy (non-hydrogen) atoms. The predicted octanol–water partition coefficient (Wildman–Crippen LogP) is 0.344. The van der Waals surface area contributed by atoms with E-state index in [9.17, 15) is 9.59 Å². The molecule has 0 aromatic carbocycles. The highest BCUT2D eigenvalue weighted by atomic mass is 16.5. The van der Waals surface area contributed by atoms with E-state index in [0.29, 0.717) is 39.1 Å². The summed E-state index contributed by atoms with van der Waals surface area (Å²) >= 11 is 0. The van der Waals surface area contributed by atoms with Gasteiger partial charge in [0.15, 0.2) is 0 Å². The van der Waals surface area contributed by atoms with E-state index < -0.39 is 5.54 Å². The molecule has 2 aliphatic heterocycles. The van der Waals surface area contributed by atoms with Crippen molar-refractivity contribution in [1.29, 1.82) is 0 Å². The van der Waals surface area contributed by atoms with Crippen LogP contribution in [-0.2, 0) is 14.3 Å². The number of nitrogens with zero attached hydrogens (tertiary/aromatic N) is 3. The highest BCUT2D eigenvalue weighted by molar-refractivity contribution is 5.88. The average molecular weight is 309 g/mol. The summed E-state index contributed by atoms with van der Waals surface area (Å²) in [4.78, 5) is 30.8. The number of hydrogen-bond acceptors (Lipinski definition) is 4. The lowest BCUT2D eigenvalue weighted by molar-refractivity contribution is -0.156. The van der Waals surface area contributed by atoms with Gasteiger partial charge in [-0.2, -0.15) is 0 Å².